The zero-order valence-electron chi connectivity index (χ0n) is 15.5. The summed E-state index contributed by atoms with van der Waals surface area (Å²) in [6, 6.07) is 10.3. The number of nitrogens with zero attached hydrogens (tertiary/aromatic N) is 4. The molecule has 0 saturated heterocycles. The first kappa shape index (κ1) is 18.0. The highest BCUT2D eigenvalue weighted by atomic mass is 15.3. The molecule has 1 N–H and O–H groups in total. The van der Waals surface area contributed by atoms with Crippen LogP contribution in [-0.4, -0.2) is 37.2 Å². The smallest absolute Gasteiger partial charge is 0.227 e. The summed E-state index contributed by atoms with van der Waals surface area (Å²) in [5, 5.41) is 3.39. The van der Waals surface area contributed by atoms with Gasteiger partial charge in [-0.05, 0) is 44.0 Å². The Bertz CT molecular complexity index is 631. The highest BCUT2D eigenvalue weighted by Crippen LogP contribution is 2.21. The fourth-order valence-electron chi connectivity index (χ4n) is 2.60. The third-order valence-electron chi connectivity index (χ3n) is 3.77. The Morgan fingerprint density at radius 1 is 0.958 bits per heavy atom. The summed E-state index contributed by atoms with van der Waals surface area (Å²) in [5.41, 5.74) is 3.18. The predicted molar refractivity (Wildman–Crippen MR) is 104 cm³/mol. The summed E-state index contributed by atoms with van der Waals surface area (Å²) in [6.45, 7) is 8.35. The molecule has 5 heteroatoms. The molecule has 0 amide bonds. The zero-order chi connectivity index (χ0) is 17.5. The van der Waals surface area contributed by atoms with Crippen molar-refractivity contribution in [3.05, 3.63) is 36.0 Å². The molecule has 24 heavy (non-hydrogen) atoms. The molecule has 2 aromatic rings. The Morgan fingerprint density at radius 2 is 1.58 bits per heavy atom. The minimum absolute atomic E-state index is 0.811. The molecule has 0 aliphatic heterocycles. The molecule has 2 rings (SSSR count). The zero-order valence-corrected chi connectivity index (χ0v) is 15.5. The van der Waals surface area contributed by atoms with E-state index in [1.165, 1.54) is 5.69 Å². The van der Waals surface area contributed by atoms with Gasteiger partial charge in [-0.15, -0.1) is 0 Å². The van der Waals surface area contributed by atoms with E-state index in [0.717, 1.165) is 49.1 Å². The van der Waals surface area contributed by atoms with E-state index in [4.69, 9.17) is 4.98 Å². The summed E-state index contributed by atoms with van der Waals surface area (Å²) in [7, 11) is 4.08. The van der Waals surface area contributed by atoms with Crippen molar-refractivity contribution in [1.29, 1.82) is 0 Å². The van der Waals surface area contributed by atoms with E-state index in [1.807, 2.05) is 27.1 Å². The number of hydrogen-bond acceptors (Lipinski definition) is 5. The number of benzene rings is 1. The summed E-state index contributed by atoms with van der Waals surface area (Å²) in [4.78, 5) is 13.7. The van der Waals surface area contributed by atoms with Gasteiger partial charge in [0, 0.05) is 50.3 Å². The van der Waals surface area contributed by atoms with Gasteiger partial charge in [0.15, 0.2) is 0 Å². The highest BCUT2D eigenvalue weighted by molar-refractivity contribution is 5.61. The van der Waals surface area contributed by atoms with E-state index < -0.39 is 0 Å². The third-order valence-corrected chi connectivity index (χ3v) is 3.77. The fraction of sp³-hybridized carbons (Fsp3) is 0.474. The van der Waals surface area contributed by atoms with Gasteiger partial charge in [0.25, 0.3) is 0 Å². The number of nitrogens with one attached hydrogen (secondary N) is 1. The number of aromatic nitrogens is 2. The van der Waals surface area contributed by atoms with Crippen LogP contribution in [0.5, 0.6) is 0 Å². The molecule has 0 aliphatic carbocycles. The normalized spacial score (nSPS) is 10.5. The monoisotopic (exact) mass is 327 g/mol. The van der Waals surface area contributed by atoms with Gasteiger partial charge in [0.05, 0.1) is 0 Å². The molecule has 1 aromatic heterocycles. The fourth-order valence-corrected chi connectivity index (χ4v) is 2.60. The molecule has 0 atom stereocenters. The maximum atomic E-state index is 4.72. The van der Waals surface area contributed by atoms with Gasteiger partial charge in [0.2, 0.25) is 5.95 Å². The van der Waals surface area contributed by atoms with Crippen LogP contribution < -0.4 is 15.1 Å². The lowest BCUT2D eigenvalue weighted by Gasteiger charge is -2.22. The largest absolute Gasteiger partial charge is 0.378 e. The van der Waals surface area contributed by atoms with Crippen LogP contribution >= 0.6 is 0 Å². The first-order valence-corrected chi connectivity index (χ1v) is 8.68. The molecule has 0 spiro atoms. The quantitative estimate of drug-likeness (QED) is 0.786. The van der Waals surface area contributed by atoms with Crippen molar-refractivity contribution in [1.82, 2.24) is 9.97 Å². The summed E-state index contributed by atoms with van der Waals surface area (Å²) < 4.78 is 0. The Kier molecular flexibility index (Phi) is 6.41. The molecule has 1 heterocycles. The number of hydrogen-bond donors (Lipinski definition) is 1. The van der Waals surface area contributed by atoms with Gasteiger partial charge in [-0.2, -0.15) is 4.98 Å². The van der Waals surface area contributed by atoms with Crippen LogP contribution in [0.1, 0.15) is 32.4 Å². The van der Waals surface area contributed by atoms with Gasteiger partial charge in [-0.25, -0.2) is 4.98 Å². The van der Waals surface area contributed by atoms with Crippen molar-refractivity contribution >= 4 is 23.1 Å². The second-order valence-corrected chi connectivity index (χ2v) is 6.25. The average molecular weight is 327 g/mol. The van der Waals surface area contributed by atoms with Gasteiger partial charge in [0.1, 0.15) is 5.82 Å². The molecular formula is C19H29N5. The molecule has 0 bridgehead atoms. The van der Waals surface area contributed by atoms with Crippen LogP contribution in [0.15, 0.2) is 30.3 Å². The van der Waals surface area contributed by atoms with E-state index in [2.05, 4.69) is 58.2 Å². The van der Waals surface area contributed by atoms with E-state index in [0.29, 0.717) is 0 Å². The molecule has 0 radical (unpaired) electrons. The van der Waals surface area contributed by atoms with E-state index in [1.54, 1.807) is 0 Å². The van der Waals surface area contributed by atoms with E-state index in [9.17, 15) is 0 Å². The van der Waals surface area contributed by atoms with Crippen LogP contribution in [0, 0.1) is 6.92 Å². The van der Waals surface area contributed by atoms with Crippen molar-refractivity contribution in [2.75, 3.05) is 42.3 Å². The number of anilines is 4. The lowest BCUT2D eigenvalue weighted by Crippen LogP contribution is -2.27. The van der Waals surface area contributed by atoms with Crippen molar-refractivity contribution in [2.45, 2.75) is 33.6 Å². The van der Waals surface area contributed by atoms with Crippen molar-refractivity contribution in [3.8, 4) is 0 Å². The maximum Gasteiger partial charge on any atom is 0.227 e. The minimum Gasteiger partial charge on any atom is -0.378 e. The van der Waals surface area contributed by atoms with Crippen LogP contribution in [0.2, 0.25) is 0 Å². The molecular weight excluding hydrogens is 298 g/mol. The van der Waals surface area contributed by atoms with Gasteiger partial charge < -0.3 is 15.1 Å². The number of rotatable bonds is 8. The second-order valence-electron chi connectivity index (χ2n) is 6.25. The van der Waals surface area contributed by atoms with Gasteiger partial charge >= 0.3 is 0 Å². The van der Waals surface area contributed by atoms with Crippen molar-refractivity contribution in [3.63, 3.8) is 0 Å². The molecule has 0 aliphatic rings. The average Bonchev–Trinajstić information content (AvgIpc) is 2.54. The Balaban J connectivity index is 2.20. The SMILES string of the molecule is CCCN(CCC)c1nc(C)cc(Nc2ccc(N(C)C)cc2)n1. The first-order valence-electron chi connectivity index (χ1n) is 8.68. The lowest BCUT2D eigenvalue weighted by atomic mass is 10.2. The summed E-state index contributed by atoms with van der Waals surface area (Å²) >= 11 is 0. The third kappa shape index (κ3) is 4.85. The Morgan fingerprint density at radius 3 is 2.12 bits per heavy atom. The van der Waals surface area contributed by atoms with Crippen LogP contribution in [0.25, 0.3) is 0 Å². The highest BCUT2D eigenvalue weighted by Gasteiger charge is 2.10. The van der Waals surface area contributed by atoms with Gasteiger partial charge in [-0.3, -0.25) is 0 Å². The maximum absolute atomic E-state index is 4.72. The molecule has 0 unspecified atom stereocenters. The molecule has 0 fully saturated rings. The number of aryl methyl sites for hydroxylation is 1. The second kappa shape index (κ2) is 8.52. The topological polar surface area (TPSA) is 44.3 Å². The Labute approximate surface area is 145 Å². The molecule has 0 saturated carbocycles. The molecule has 5 nitrogen and oxygen atoms in total. The van der Waals surface area contributed by atoms with E-state index in [-0.39, 0.29) is 0 Å². The van der Waals surface area contributed by atoms with Crippen molar-refractivity contribution < 1.29 is 0 Å². The first-order chi connectivity index (χ1) is 11.5. The van der Waals surface area contributed by atoms with Crippen molar-refractivity contribution in [2.24, 2.45) is 0 Å². The summed E-state index contributed by atoms with van der Waals surface area (Å²) in [6.07, 6.45) is 2.18. The summed E-state index contributed by atoms with van der Waals surface area (Å²) in [5.74, 6) is 1.65. The lowest BCUT2D eigenvalue weighted by molar-refractivity contribution is 0.720. The van der Waals surface area contributed by atoms with Crippen LogP contribution in [0.4, 0.5) is 23.1 Å². The van der Waals surface area contributed by atoms with Gasteiger partial charge in [-0.1, -0.05) is 13.8 Å². The minimum atomic E-state index is 0.811. The van der Waals surface area contributed by atoms with Crippen LogP contribution in [0.3, 0.4) is 0 Å². The standard InChI is InChI=1S/C19H29N5/c1-6-12-24(13-7-2)19-20-15(3)14-18(22-19)21-16-8-10-17(11-9-16)23(4)5/h8-11,14H,6-7,12-13H2,1-5H3,(H,20,21,22). The molecule has 1 aromatic carbocycles. The molecule has 130 valence electrons. The van der Waals surface area contributed by atoms with Crippen LogP contribution in [-0.2, 0) is 0 Å². The Hall–Kier alpha value is -2.30. The predicted octanol–water partition coefficient (Wildman–Crippen LogP) is 4.22. The van der Waals surface area contributed by atoms with E-state index >= 15 is 0 Å².